The van der Waals surface area contributed by atoms with Crippen LogP contribution < -0.4 is 10.1 Å². The van der Waals surface area contributed by atoms with Crippen molar-refractivity contribution in [2.24, 2.45) is 0 Å². The second-order valence-electron chi connectivity index (χ2n) is 9.61. The van der Waals surface area contributed by atoms with Gasteiger partial charge in [0, 0.05) is 35.1 Å². The van der Waals surface area contributed by atoms with E-state index in [4.69, 9.17) is 4.74 Å². The quantitative estimate of drug-likeness (QED) is 0.379. The first-order chi connectivity index (χ1) is 17.2. The number of nitrogens with zero attached hydrogens (tertiary/aromatic N) is 4. The fraction of sp³-hybridized carbons (Fsp3) is 0.308. The van der Waals surface area contributed by atoms with Crippen LogP contribution in [-0.4, -0.2) is 51.2 Å². The van der Waals surface area contributed by atoms with E-state index >= 15 is 0 Å². The number of nitrogens with one attached hydrogen (secondary N) is 1. The van der Waals surface area contributed by atoms with Gasteiger partial charge in [-0.3, -0.25) is 14.9 Å². The second-order valence-corrected chi connectivity index (χ2v) is 11.4. The van der Waals surface area contributed by atoms with E-state index in [9.17, 15) is 9.59 Å². The molecule has 1 N–H and O–H groups in total. The number of ether oxygens (including phenoxy) is 1. The summed E-state index contributed by atoms with van der Waals surface area (Å²) in [7, 11) is 3.40. The maximum atomic E-state index is 13.6. The highest BCUT2D eigenvalue weighted by molar-refractivity contribution is 7.13. The number of aryl methyl sites for hydroxylation is 1. The first kappa shape index (κ1) is 24.2. The van der Waals surface area contributed by atoms with Crippen molar-refractivity contribution in [3.63, 3.8) is 0 Å². The van der Waals surface area contributed by atoms with E-state index in [1.165, 1.54) is 11.3 Å². The molecule has 0 bridgehead atoms. The van der Waals surface area contributed by atoms with Gasteiger partial charge in [-0.2, -0.15) is 0 Å². The summed E-state index contributed by atoms with van der Waals surface area (Å²) >= 11 is 2.88. The molecule has 8 nitrogen and oxygen atoms in total. The van der Waals surface area contributed by atoms with Crippen LogP contribution in [0.5, 0.6) is 5.75 Å². The first-order valence-electron chi connectivity index (χ1n) is 11.5. The topological polar surface area (TPSA) is 89.3 Å². The van der Waals surface area contributed by atoms with Crippen molar-refractivity contribution in [3.05, 3.63) is 58.0 Å². The van der Waals surface area contributed by atoms with Crippen molar-refractivity contribution in [1.29, 1.82) is 0 Å². The third-order valence-corrected chi connectivity index (χ3v) is 8.03. The van der Waals surface area contributed by atoms with Crippen LogP contribution in [0.2, 0.25) is 0 Å². The third kappa shape index (κ3) is 4.20. The van der Waals surface area contributed by atoms with E-state index in [0.29, 0.717) is 28.7 Å². The lowest BCUT2D eigenvalue weighted by Crippen LogP contribution is -2.43. The van der Waals surface area contributed by atoms with Crippen molar-refractivity contribution < 1.29 is 14.3 Å². The number of rotatable bonds is 5. The monoisotopic (exact) mass is 521 g/mol. The summed E-state index contributed by atoms with van der Waals surface area (Å²) in [6.45, 7) is 6.73. The number of aromatic nitrogens is 3. The van der Waals surface area contributed by atoms with Crippen molar-refractivity contribution >= 4 is 39.6 Å². The molecule has 0 radical (unpaired) electrons. The van der Waals surface area contributed by atoms with Crippen molar-refractivity contribution in [1.82, 2.24) is 19.7 Å². The van der Waals surface area contributed by atoms with Gasteiger partial charge in [0.15, 0.2) is 0 Å². The van der Waals surface area contributed by atoms with Crippen molar-refractivity contribution in [2.45, 2.75) is 39.3 Å². The maximum absolute atomic E-state index is 13.6. The van der Waals surface area contributed by atoms with Gasteiger partial charge in [-0.15, -0.1) is 21.5 Å². The normalized spacial score (nSPS) is 12.6. The highest BCUT2D eigenvalue weighted by Gasteiger charge is 2.32. The zero-order valence-corrected chi connectivity index (χ0v) is 22.4. The minimum absolute atomic E-state index is 0.0299. The molecule has 0 saturated heterocycles. The molecule has 1 aromatic carbocycles. The van der Waals surface area contributed by atoms with Gasteiger partial charge in [-0.25, -0.2) is 0 Å². The van der Waals surface area contributed by atoms with Gasteiger partial charge in [-0.1, -0.05) is 17.4 Å². The minimum Gasteiger partial charge on any atom is -0.496 e. The number of thiophene rings is 1. The molecule has 3 aromatic heterocycles. The van der Waals surface area contributed by atoms with Gasteiger partial charge >= 0.3 is 0 Å². The van der Waals surface area contributed by atoms with Gasteiger partial charge in [0.2, 0.25) is 5.13 Å². The van der Waals surface area contributed by atoms with Crippen LogP contribution in [0, 0.1) is 0 Å². The number of anilines is 1. The van der Waals surface area contributed by atoms with Gasteiger partial charge in [0.05, 0.1) is 18.4 Å². The summed E-state index contributed by atoms with van der Waals surface area (Å²) < 4.78 is 7.69. The lowest BCUT2D eigenvalue weighted by molar-refractivity contribution is 0.0644. The summed E-state index contributed by atoms with van der Waals surface area (Å²) in [6, 6.07) is 9.86. The van der Waals surface area contributed by atoms with Crippen LogP contribution in [-0.2, 0) is 13.0 Å². The number of carbonyl (C=O) groups is 2. The molecule has 186 valence electrons. The molecule has 0 fully saturated rings. The summed E-state index contributed by atoms with van der Waals surface area (Å²) in [4.78, 5) is 29.7. The molecule has 4 aromatic rings. The summed E-state index contributed by atoms with van der Waals surface area (Å²) in [5.41, 5.74) is 6.21. The Labute approximate surface area is 217 Å². The SMILES string of the molecule is COc1cc2c(cc1C(=O)Nc1nncs1)-c1c(-c3cccs3)cc(C(=O)N(C)C(C)(C)C)n1CC2. The minimum atomic E-state index is -0.323. The number of hydrogen-bond acceptors (Lipinski definition) is 7. The number of hydrogen-bond donors (Lipinski definition) is 1. The molecular weight excluding hydrogens is 494 g/mol. The molecule has 0 saturated carbocycles. The van der Waals surface area contributed by atoms with Crippen LogP contribution in [0.25, 0.3) is 21.7 Å². The number of methoxy groups -OCH3 is 1. The van der Waals surface area contributed by atoms with Crippen LogP contribution in [0.3, 0.4) is 0 Å². The lowest BCUT2D eigenvalue weighted by atomic mass is 9.93. The molecule has 1 aliphatic heterocycles. The predicted molar refractivity (Wildman–Crippen MR) is 143 cm³/mol. The van der Waals surface area contributed by atoms with Crippen molar-refractivity contribution in [3.8, 4) is 27.4 Å². The maximum Gasteiger partial charge on any atom is 0.270 e. The van der Waals surface area contributed by atoms with Gasteiger partial charge in [0.1, 0.15) is 17.0 Å². The molecule has 36 heavy (non-hydrogen) atoms. The summed E-state index contributed by atoms with van der Waals surface area (Å²) in [5, 5.41) is 13.0. The molecule has 0 unspecified atom stereocenters. The third-order valence-electron chi connectivity index (χ3n) is 6.52. The van der Waals surface area contributed by atoms with Crippen LogP contribution in [0.1, 0.15) is 47.2 Å². The Morgan fingerprint density at radius 3 is 2.61 bits per heavy atom. The van der Waals surface area contributed by atoms with Gasteiger partial charge in [0.25, 0.3) is 11.8 Å². The Hall–Kier alpha value is -3.50. The Morgan fingerprint density at radius 1 is 1.17 bits per heavy atom. The smallest absolute Gasteiger partial charge is 0.270 e. The van der Waals surface area contributed by atoms with Gasteiger partial charge < -0.3 is 14.2 Å². The molecule has 10 heteroatoms. The molecule has 0 spiro atoms. The molecular formula is C26H27N5O3S2. The Bertz CT molecular complexity index is 1430. The van der Waals surface area contributed by atoms with E-state index in [1.54, 1.807) is 28.9 Å². The van der Waals surface area contributed by atoms with Crippen LogP contribution >= 0.6 is 22.7 Å². The second kappa shape index (κ2) is 9.18. The standard InChI is InChI=1S/C26H27N5O3S2/c1-26(2,3)30(4)24(33)19-13-18(21-7-6-10-35-21)22-16-12-17(23(32)28-25-29-27-14-36-25)20(34-5)11-15(16)8-9-31(19)22/h6-7,10-14H,8-9H2,1-5H3,(H,28,29,32). The molecule has 2 amide bonds. The van der Waals surface area contributed by atoms with Gasteiger partial charge in [-0.05, 0) is 62.4 Å². The largest absolute Gasteiger partial charge is 0.496 e. The van der Waals surface area contributed by atoms with E-state index in [1.807, 2.05) is 57.5 Å². The average molecular weight is 522 g/mol. The lowest BCUT2D eigenvalue weighted by Gasteiger charge is -2.32. The molecule has 5 rings (SSSR count). The average Bonchev–Trinajstić information content (AvgIpc) is 3.62. The Morgan fingerprint density at radius 2 is 1.97 bits per heavy atom. The molecule has 0 aliphatic carbocycles. The number of benzene rings is 1. The molecule has 0 atom stereocenters. The number of amides is 2. The highest BCUT2D eigenvalue weighted by Crippen LogP contribution is 2.44. The Balaban J connectivity index is 1.68. The summed E-state index contributed by atoms with van der Waals surface area (Å²) in [5.74, 6) is 0.145. The molecule has 1 aliphatic rings. The zero-order valence-electron chi connectivity index (χ0n) is 20.8. The van der Waals surface area contributed by atoms with Crippen molar-refractivity contribution in [2.75, 3.05) is 19.5 Å². The summed E-state index contributed by atoms with van der Waals surface area (Å²) in [6.07, 6.45) is 0.717. The van der Waals surface area contributed by atoms with E-state index in [-0.39, 0.29) is 17.4 Å². The first-order valence-corrected chi connectivity index (χ1v) is 13.3. The van der Waals surface area contributed by atoms with Crippen LogP contribution in [0.15, 0.2) is 41.2 Å². The molecule has 4 heterocycles. The van der Waals surface area contributed by atoms with E-state index in [0.717, 1.165) is 33.7 Å². The predicted octanol–water partition coefficient (Wildman–Crippen LogP) is 5.42. The number of fused-ring (bicyclic) bond motifs is 3. The number of carbonyl (C=O) groups excluding carboxylic acids is 2. The zero-order chi connectivity index (χ0) is 25.6. The van der Waals surface area contributed by atoms with E-state index < -0.39 is 0 Å². The fourth-order valence-electron chi connectivity index (χ4n) is 4.36. The van der Waals surface area contributed by atoms with E-state index in [2.05, 4.69) is 26.1 Å². The Kier molecular flexibility index (Phi) is 6.17. The highest BCUT2D eigenvalue weighted by atomic mass is 32.1. The van der Waals surface area contributed by atoms with Crippen LogP contribution in [0.4, 0.5) is 5.13 Å². The fourth-order valence-corrected chi connectivity index (χ4v) is 5.55.